The highest BCUT2D eigenvalue weighted by molar-refractivity contribution is 5.06. The van der Waals surface area contributed by atoms with E-state index in [4.69, 9.17) is 0 Å². The van der Waals surface area contributed by atoms with Crippen LogP contribution in [0.1, 0.15) is 46.5 Å². The predicted octanol–water partition coefficient (Wildman–Crippen LogP) is 2.32. The van der Waals surface area contributed by atoms with E-state index in [2.05, 4.69) is 26.1 Å². The molecule has 2 heterocycles. The summed E-state index contributed by atoms with van der Waals surface area (Å²) in [5.41, 5.74) is 1.03. The third kappa shape index (κ3) is 1.10. The Morgan fingerprint density at radius 1 is 1.27 bits per heavy atom. The maximum Gasteiger partial charge on any atom is 0.0161 e. The van der Waals surface area contributed by atoms with Crippen molar-refractivity contribution in [2.75, 3.05) is 0 Å². The molecule has 0 saturated carbocycles. The van der Waals surface area contributed by atoms with Crippen LogP contribution >= 0.6 is 0 Å². The highest BCUT2D eigenvalue weighted by atomic mass is 15.1. The van der Waals surface area contributed by atoms with Crippen molar-refractivity contribution >= 4 is 0 Å². The van der Waals surface area contributed by atoms with Crippen LogP contribution in [-0.2, 0) is 0 Å². The molecule has 2 saturated heterocycles. The average molecular weight is 153 g/mol. The van der Waals surface area contributed by atoms with Gasteiger partial charge in [0.25, 0.3) is 0 Å². The predicted molar refractivity (Wildman–Crippen MR) is 47.6 cm³/mol. The summed E-state index contributed by atoms with van der Waals surface area (Å²) < 4.78 is 0. The molecule has 2 bridgehead atoms. The van der Waals surface area contributed by atoms with Gasteiger partial charge in [0.1, 0.15) is 0 Å². The molecule has 0 aromatic rings. The lowest BCUT2D eigenvalue weighted by Gasteiger charge is -2.31. The average Bonchev–Trinajstić information content (AvgIpc) is 1.98. The van der Waals surface area contributed by atoms with E-state index in [1.54, 1.807) is 0 Å². The monoisotopic (exact) mass is 153 g/mol. The van der Waals surface area contributed by atoms with Crippen molar-refractivity contribution in [2.24, 2.45) is 5.41 Å². The van der Waals surface area contributed by atoms with Gasteiger partial charge in [0.05, 0.1) is 0 Å². The first-order chi connectivity index (χ1) is 5.02. The minimum atomic E-state index is 0.479. The summed E-state index contributed by atoms with van der Waals surface area (Å²) >= 11 is 0. The SMILES string of the molecule is CC12CCCC(N1)C(C)(C)C2. The Morgan fingerprint density at radius 2 is 2.00 bits per heavy atom. The fraction of sp³-hybridized carbons (Fsp3) is 1.00. The summed E-state index contributed by atoms with van der Waals surface area (Å²) in [7, 11) is 0. The van der Waals surface area contributed by atoms with Gasteiger partial charge >= 0.3 is 0 Å². The largest absolute Gasteiger partial charge is 0.308 e. The van der Waals surface area contributed by atoms with Crippen LogP contribution in [0.3, 0.4) is 0 Å². The molecule has 2 atom stereocenters. The smallest absolute Gasteiger partial charge is 0.0161 e. The molecule has 1 N–H and O–H groups in total. The summed E-state index contributed by atoms with van der Waals surface area (Å²) in [5, 5.41) is 3.76. The van der Waals surface area contributed by atoms with Crippen molar-refractivity contribution in [1.29, 1.82) is 0 Å². The number of hydrogen-bond donors (Lipinski definition) is 1. The lowest BCUT2D eigenvalue weighted by molar-refractivity contribution is 0.279. The molecule has 2 aliphatic heterocycles. The molecule has 11 heavy (non-hydrogen) atoms. The lowest BCUT2D eigenvalue weighted by Crippen LogP contribution is -2.44. The molecule has 1 heteroatoms. The van der Waals surface area contributed by atoms with Gasteiger partial charge in [-0.15, -0.1) is 0 Å². The molecule has 64 valence electrons. The minimum Gasteiger partial charge on any atom is -0.308 e. The number of fused-ring (bicyclic) bond motifs is 2. The van der Waals surface area contributed by atoms with Crippen LogP contribution in [0.15, 0.2) is 0 Å². The zero-order valence-electron chi connectivity index (χ0n) is 7.91. The van der Waals surface area contributed by atoms with Crippen LogP contribution in [0.25, 0.3) is 0 Å². The Morgan fingerprint density at radius 3 is 2.55 bits per heavy atom. The first kappa shape index (κ1) is 7.60. The molecule has 2 fully saturated rings. The van der Waals surface area contributed by atoms with Crippen molar-refractivity contribution in [3.63, 3.8) is 0 Å². The van der Waals surface area contributed by atoms with Crippen LogP contribution in [-0.4, -0.2) is 11.6 Å². The van der Waals surface area contributed by atoms with Gasteiger partial charge in [-0.05, 0) is 31.6 Å². The highest BCUT2D eigenvalue weighted by Crippen LogP contribution is 2.46. The van der Waals surface area contributed by atoms with Crippen LogP contribution in [0.2, 0.25) is 0 Å². The second-order valence-corrected chi connectivity index (χ2v) is 5.32. The number of hydrogen-bond acceptors (Lipinski definition) is 1. The highest BCUT2D eigenvalue weighted by Gasteiger charge is 2.48. The van der Waals surface area contributed by atoms with Gasteiger partial charge in [-0.3, -0.25) is 0 Å². The van der Waals surface area contributed by atoms with E-state index in [0.29, 0.717) is 11.0 Å². The van der Waals surface area contributed by atoms with E-state index in [-0.39, 0.29) is 0 Å². The first-order valence-corrected chi connectivity index (χ1v) is 4.80. The Balaban J connectivity index is 2.24. The minimum absolute atomic E-state index is 0.479. The molecule has 2 unspecified atom stereocenters. The third-order valence-electron chi connectivity index (χ3n) is 3.53. The Kier molecular flexibility index (Phi) is 1.39. The van der Waals surface area contributed by atoms with E-state index in [9.17, 15) is 0 Å². The quantitative estimate of drug-likeness (QED) is 0.563. The van der Waals surface area contributed by atoms with Gasteiger partial charge in [0.2, 0.25) is 0 Å². The second-order valence-electron chi connectivity index (χ2n) is 5.32. The third-order valence-corrected chi connectivity index (χ3v) is 3.53. The van der Waals surface area contributed by atoms with Gasteiger partial charge in [-0.1, -0.05) is 20.3 Å². The maximum absolute atomic E-state index is 3.76. The summed E-state index contributed by atoms with van der Waals surface area (Å²) in [6, 6.07) is 0.793. The van der Waals surface area contributed by atoms with E-state index in [0.717, 1.165) is 6.04 Å². The summed E-state index contributed by atoms with van der Waals surface area (Å²) in [6.07, 6.45) is 5.57. The Hall–Kier alpha value is -0.0400. The Labute approximate surface area is 69.6 Å². The molecular formula is C10H19N. The molecule has 0 spiro atoms. The molecule has 2 aliphatic rings. The van der Waals surface area contributed by atoms with Gasteiger partial charge in [0, 0.05) is 11.6 Å². The molecule has 0 radical (unpaired) electrons. The molecule has 0 aromatic carbocycles. The van der Waals surface area contributed by atoms with Gasteiger partial charge in [-0.2, -0.15) is 0 Å². The van der Waals surface area contributed by atoms with Crippen LogP contribution in [0.5, 0.6) is 0 Å². The molecule has 0 aliphatic carbocycles. The van der Waals surface area contributed by atoms with Gasteiger partial charge < -0.3 is 5.32 Å². The number of rotatable bonds is 0. The molecule has 2 rings (SSSR count). The lowest BCUT2D eigenvalue weighted by atomic mass is 9.82. The van der Waals surface area contributed by atoms with Crippen molar-refractivity contribution < 1.29 is 0 Å². The fourth-order valence-corrected chi connectivity index (χ4v) is 3.12. The standard InChI is InChI=1S/C10H19N/c1-9(2)7-10(3)6-4-5-8(9)11-10/h8,11H,4-7H2,1-3H3. The zero-order chi connectivity index (χ0) is 8.11. The molecule has 1 nitrogen and oxygen atoms in total. The van der Waals surface area contributed by atoms with Crippen LogP contribution in [0, 0.1) is 5.41 Å². The van der Waals surface area contributed by atoms with E-state index in [1.807, 2.05) is 0 Å². The van der Waals surface area contributed by atoms with Crippen LogP contribution < -0.4 is 5.32 Å². The van der Waals surface area contributed by atoms with Gasteiger partial charge in [-0.25, -0.2) is 0 Å². The van der Waals surface area contributed by atoms with E-state index >= 15 is 0 Å². The summed E-state index contributed by atoms with van der Waals surface area (Å²) in [4.78, 5) is 0. The van der Waals surface area contributed by atoms with Crippen LogP contribution in [0.4, 0.5) is 0 Å². The summed E-state index contributed by atoms with van der Waals surface area (Å²) in [6.45, 7) is 7.19. The van der Waals surface area contributed by atoms with Crippen molar-refractivity contribution in [2.45, 2.75) is 58.0 Å². The fourth-order valence-electron chi connectivity index (χ4n) is 3.12. The number of piperidine rings is 1. The van der Waals surface area contributed by atoms with E-state index in [1.165, 1.54) is 25.7 Å². The van der Waals surface area contributed by atoms with Crippen molar-refractivity contribution in [3.8, 4) is 0 Å². The second kappa shape index (κ2) is 2.01. The van der Waals surface area contributed by atoms with E-state index < -0.39 is 0 Å². The van der Waals surface area contributed by atoms with Gasteiger partial charge in [0.15, 0.2) is 0 Å². The number of nitrogens with one attached hydrogen (secondary N) is 1. The Bertz CT molecular complexity index is 171. The topological polar surface area (TPSA) is 12.0 Å². The molecule has 0 amide bonds. The first-order valence-electron chi connectivity index (χ1n) is 4.80. The maximum atomic E-state index is 3.76. The zero-order valence-corrected chi connectivity index (χ0v) is 7.91. The van der Waals surface area contributed by atoms with Crippen molar-refractivity contribution in [3.05, 3.63) is 0 Å². The summed E-state index contributed by atoms with van der Waals surface area (Å²) in [5.74, 6) is 0. The van der Waals surface area contributed by atoms with Crippen molar-refractivity contribution in [1.82, 2.24) is 5.32 Å². The molecule has 0 aromatic heterocycles. The molecular weight excluding hydrogens is 134 g/mol. The normalized spacial score (nSPS) is 47.7.